The van der Waals surface area contributed by atoms with Crippen LogP contribution in [0.2, 0.25) is 0 Å². The van der Waals surface area contributed by atoms with Gasteiger partial charge in [0.2, 0.25) is 0 Å². The van der Waals surface area contributed by atoms with Crippen molar-refractivity contribution in [3.05, 3.63) is 15.6 Å². The third-order valence-electron chi connectivity index (χ3n) is 4.79. The molecule has 0 aliphatic heterocycles. The van der Waals surface area contributed by atoms with Gasteiger partial charge >= 0.3 is 0 Å². The molecule has 1 fully saturated rings. The van der Waals surface area contributed by atoms with Crippen molar-refractivity contribution in [3.63, 3.8) is 0 Å². The summed E-state index contributed by atoms with van der Waals surface area (Å²) >= 11 is 1.91. The van der Waals surface area contributed by atoms with Crippen LogP contribution in [0, 0.1) is 31.6 Å². The molecule has 1 heterocycles. The van der Waals surface area contributed by atoms with Gasteiger partial charge in [-0.05, 0) is 57.5 Å². The first kappa shape index (κ1) is 17.0. The lowest BCUT2D eigenvalue weighted by atomic mass is 9.85. The van der Waals surface area contributed by atoms with Crippen LogP contribution < -0.4 is 5.32 Å². The molecule has 3 heteroatoms. The quantitative estimate of drug-likeness (QED) is 0.767. The third kappa shape index (κ3) is 5.37. The largest absolute Gasteiger partial charge is 0.316 e. The number of nitrogens with zero attached hydrogens (tertiary/aromatic N) is 1. The molecule has 0 aromatic carbocycles. The zero-order chi connectivity index (χ0) is 15.2. The lowest BCUT2D eigenvalue weighted by Crippen LogP contribution is -2.31. The van der Waals surface area contributed by atoms with E-state index in [0.29, 0.717) is 0 Å². The van der Waals surface area contributed by atoms with E-state index in [2.05, 4.69) is 33.0 Å². The van der Waals surface area contributed by atoms with Crippen molar-refractivity contribution in [2.24, 2.45) is 17.8 Å². The average molecular weight is 309 g/mol. The van der Waals surface area contributed by atoms with Crippen LogP contribution >= 0.6 is 11.3 Å². The Labute approximate surface area is 134 Å². The molecule has 1 aromatic rings. The minimum Gasteiger partial charge on any atom is -0.316 e. The highest BCUT2D eigenvalue weighted by molar-refractivity contribution is 7.11. The summed E-state index contributed by atoms with van der Waals surface area (Å²) in [5.74, 6) is 2.42. The fraction of sp³-hybridized carbons (Fsp3) is 0.833. The van der Waals surface area contributed by atoms with E-state index in [0.717, 1.165) is 24.3 Å². The predicted octanol–water partition coefficient (Wildman–Crippen LogP) is 4.74. The molecule has 0 spiro atoms. The summed E-state index contributed by atoms with van der Waals surface area (Å²) < 4.78 is 0. The van der Waals surface area contributed by atoms with Gasteiger partial charge in [-0.25, -0.2) is 4.98 Å². The number of aromatic nitrogens is 1. The smallest absolute Gasteiger partial charge is 0.0933 e. The van der Waals surface area contributed by atoms with E-state index >= 15 is 0 Å². The predicted molar refractivity (Wildman–Crippen MR) is 93.1 cm³/mol. The Morgan fingerprint density at radius 2 is 1.86 bits per heavy atom. The fourth-order valence-electron chi connectivity index (χ4n) is 3.41. The van der Waals surface area contributed by atoms with Gasteiger partial charge in [-0.3, -0.25) is 0 Å². The third-order valence-corrected chi connectivity index (χ3v) is 5.88. The average Bonchev–Trinajstić information content (AvgIpc) is 2.62. The monoisotopic (exact) mass is 308 g/mol. The highest BCUT2D eigenvalue weighted by Crippen LogP contribution is 2.32. The second-order valence-corrected chi connectivity index (χ2v) is 8.45. The molecule has 21 heavy (non-hydrogen) atoms. The van der Waals surface area contributed by atoms with Crippen LogP contribution in [0.4, 0.5) is 0 Å². The van der Waals surface area contributed by atoms with E-state index in [1.807, 2.05) is 11.3 Å². The highest BCUT2D eigenvalue weighted by atomic mass is 32.1. The molecule has 1 aliphatic carbocycles. The first-order valence-corrected chi connectivity index (χ1v) is 9.51. The van der Waals surface area contributed by atoms with Crippen LogP contribution in [0.3, 0.4) is 0 Å². The van der Waals surface area contributed by atoms with Gasteiger partial charge in [-0.2, -0.15) is 0 Å². The van der Waals surface area contributed by atoms with Crippen LogP contribution in [0.1, 0.15) is 61.5 Å². The molecule has 2 nitrogen and oxygen atoms in total. The van der Waals surface area contributed by atoms with E-state index in [1.54, 1.807) is 0 Å². The van der Waals surface area contributed by atoms with Crippen LogP contribution in [-0.2, 0) is 6.42 Å². The maximum absolute atomic E-state index is 4.78. The minimum atomic E-state index is 0.749. The van der Waals surface area contributed by atoms with Crippen molar-refractivity contribution < 1.29 is 0 Å². The van der Waals surface area contributed by atoms with Crippen LogP contribution in [-0.4, -0.2) is 18.1 Å². The SMILES string of the molecule is Cc1nc(CC2CCCCCC2CNCC(C)C)sc1C. The van der Waals surface area contributed by atoms with Crippen molar-refractivity contribution >= 4 is 11.3 Å². The molecular formula is C18H32N2S. The van der Waals surface area contributed by atoms with Gasteiger partial charge in [-0.15, -0.1) is 11.3 Å². The molecule has 2 rings (SSSR count). The summed E-state index contributed by atoms with van der Waals surface area (Å²) in [5.41, 5.74) is 1.23. The van der Waals surface area contributed by atoms with Gasteiger partial charge in [0.15, 0.2) is 0 Å². The number of rotatable bonds is 6. The van der Waals surface area contributed by atoms with Gasteiger partial charge in [0.25, 0.3) is 0 Å². The standard InChI is InChI=1S/C18H32N2S/c1-13(2)11-19-12-17-9-7-5-6-8-16(17)10-18-20-14(3)15(4)21-18/h13,16-17,19H,5-12H2,1-4H3. The maximum Gasteiger partial charge on any atom is 0.0933 e. The molecule has 1 N–H and O–H groups in total. The Hall–Kier alpha value is -0.410. The molecule has 0 saturated heterocycles. The Morgan fingerprint density at radius 3 is 2.48 bits per heavy atom. The topological polar surface area (TPSA) is 24.9 Å². The zero-order valence-corrected chi connectivity index (χ0v) is 15.1. The van der Waals surface area contributed by atoms with E-state index in [4.69, 9.17) is 4.98 Å². The van der Waals surface area contributed by atoms with E-state index in [9.17, 15) is 0 Å². The van der Waals surface area contributed by atoms with Crippen LogP contribution in [0.5, 0.6) is 0 Å². The summed E-state index contributed by atoms with van der Waals surface area (Å²) in [6.07, 6.45) is 8.25. The van der Waals surface area contributed by atoms with Crippen molar-refractivity contribution in [2.45, 2.75) is 66.2 Å². The second kappa shape index (κ2) is 8.28. The summed E-state index contributed by atoms with van der Waals surface area (Å²) in [5, 5.41) is 5.06. The summed E-state index contributed by atoms with van der Waals surface area (Å²) in [6, 6.07) is 0. The zero-order valence-electron chi connectivity index (χ0n) is 14.2. The van der Waals surface area contributed by atoms with E-state index in [1.165, 1.54) is 60.6 Å². The van der Waals surface area contributed by atoms with Crippen molar-refractivity contribution in [1.29, 1.82) is 0 Å². The van der Waals surface area contributed by atoms with Crippen molar-refractivity contribution in [2.75, 3.05) is 13.1 Å². The van der Waals surface area contributed by atoms with Gasteiger partial charge in [0, 0.05) is 11.3 Å². The van der Waals surface area contributed by atoms with Gasteiger partial charge in [-0.1, -0.05) is 33.1 Å². The molecule has 0 bridgehead atoms. The summed E-state index contributed by atoms with van der Waals surface area (Å²) in [7, 11) is 0. The number of thiazole rings is 1. The summed E-state index contributed by atoms with van der Waals surface area (Å²) in [6.45, 7) is 11.3. The summed E-state index contributed by atoms with van der Waals surface area (Å²) in [4.78, 5) is 6.17. The molecule has 1 aromatic heterocycles. The normalized spacial score (nSPS) is 23.5. The Bertz CT molecular complexity index is 405. The van der Waals surface area contributed by atoms with E-state index in [-0.39, 0.29) is 0 Å². The molecule has 2 atom stereocenters. The number of aryl methyl sites for hydroxylation is 2. The highest BCUT2D eigenvalue weighted by Gasteiger charge is 2.24. The molecule has 2 unspecified atom stereocenters. The fourth-order valence-corrected chi connectivity index (χ4v) is 4.43. The maximum atomic E-state index is 4.78. The van der Waals surface area contributed by atoms with Gasteiger partial charge in [0.05, 0.1) is 10.7 Å². The molecule has 1 saturated carbocycles. The molecular weight excluding hydrogens is 276 g/mol. The van der Waals surface area contributed by atoms with Gasteiger partial charge < -0.3 is 5.32 Å². The Kier molecular flexibility index (Phi) is 6.69. The number of hydrogen-bond donors (Lipinski definition) is 1. The van der Waals surface area contributed by atoms with Crippen molar-refractivity contribution in [3.8, 4) is 0 Å². The van der Waals surface area contributed by atoms with Crippen LogP contribution in [0.25, 0.3) is 0 Å². The van der Waals surface area contributed by atoms with Crippen molar-refractivity contribution in [1.82, 2.24) is 10.3 Å². The lowest BCUT2D eigenvalue weighted by molar-refractivity contribution is 0.293. The Morgan fingerprint density at radius 1 is 1.14 bits per heavy atom. The lowest BCUT2D eigenvalue weighted by Gasteiger charge is -2.25. The van der Waals surface area contributed by atoms with Gasteiger partial charge in [0.1, 0.15) is 0 Å². The minimum absolute atomic E-state index is 0.749. The number of nitrogens with one attached hydrogen (secondary N) is 1. The first-order chi connectivity index (χ1) is 10.1. The number of hydrogen-bond acceptors (Lipinski definition) is 3. The molecule has 1 aliphatic rings. The molecule has 0 radical (unpaired) electrons. The van der Waals surface area contributed by atoms with E-state index < -0.39 is 0 Å². The second-order valence-electron chi connectivity index (χ2n) is 7.16. The molecule has 0 amide bonds. The Balaban J connectivity index is 1.94. The molecule has 120 valence electrons. The first-order valence-electron chi connectivity index (χ1n) is 8.70. The van der Waals surface area contributed by atoms with Crippen LogP contribution in [0.15, 0.2) is 0 Å².